The first-order chi connectivity index (χ1) is 13.4. The lowest BCUT2D eigenvalue weighted by Gasteiger charge is -2.13. The Kier molecular flexibility index (Phi) is 4.89. The molecule has 1 aliphatic rings. The minimum absolute atomic E-state index is 0.0152. The highest BCUT2D eigenvalue weighted by molar-refractivity contribution is 7.91. The molecule has 144 valence electrons. The number of fused-ring (bicyclic) bond motifs is 1. The van der Waals surface area contributed by atoms with Gasteiger partial charge in [-0.05, 0) is 31.4 Å². The van der Waals surface area contributed by atoms with Crippen LogP contribution in [0.2, 0.25) is 0 Å². The molecule has 28 heavy (non-hydrogen) atoms. The predicted molar refractivity (Wildman–Crippen MR) is 111 cm³/mol. The van der Waals surface area contributed by atoms with Crippen molar-refractivity contribution in [2.45, 2.75) is 13.3 Å². The number of aromatic nitrogens is 1. The van der Waals surface area contributed by atoms with Gasteiger partial charge in [0.1, 0.15) is 0 Å². The zero-order chi connectivity index (χ0) is 19.7. The SMILES string of the molecule is Cc1ccc(-c2cc(C(=O)NCC3CCS(=O)(=O)C3)c3ccccc3n2)cc1. The minimum Gasteiger partial charge on any atom is -0.352 e. The van der Waals surface area contributed by atoms with Crippen LogP contribution in [0.1, 0.15) is 22.3 Å². The van der Waals surface area contributed by atoms with E-state index in [-0.39, 0.29) is 23.3 Å². The Labute approximate surface area is 164 Å². The van der Waals surface area contributed by atoms with Crippen LogP contribution in [0, 0.1) is 12.8 Å². The molecule has 1 aliphatic heterocycles. The van der Waals surface area contributed by atoms with Crippen LogP contribution in [0.25, 0.3) is 22.2 Å². The molecule has 0 spiro atoms. The van der Waals surface area contributed by atoms with Crippen LogP contribution in [0.3, 0.4) is 0 Å². The second-order valence-corrected chi connectivity index (χ2v) is 9.65. The summed E-state index contributed by atoms with van der Waals surface area (Å²) in [6.45, 7) is 2.40. The summed E-state index contributed by atoms with van der Waals surface area (Å²) >= 11 is 0. The van der Waals surface area contributed by atoms with Crippen molar-refractivity contribution < 1.29 is 13.2 Å². The van der Waals surface area contributed by atoms with Crippen LogP contribution in [-0.4, -0.2) is 37.4 Å². The van der Waals surface area contributed by atoms with E-state index in [4.69, 9.17) is 4.98 Å². The topological polar surface area (TPSA) is 76.1 Å². The molecule has 1 N–H and O–H groups in total. The van der Waals surface area contributed by atoms with Gasteiger partial charge in [-0.3, -0.25) is 4.79 Å². The summed E-state index contributed by atoms with van der Waals surface area (Å²) in [7, 11) is -2.95. The zero-order valence-electron chi connectivity index (χ0n) is 15.7. The number of amides is 1. The molecular weight excluding hydrogens is 372 g/mol. The first-order valence-corrected chi connectivity index (χ1v) is 11.2. The molecule has 1 saturated heterocycles. The van der Waals surface area contributed by atoms with E-state index in [1.807, 2.05) is 61.5 Å². The van der Waals surface area contributed by atoms with E-state index < -0.39 is 9.84 Å². The zero-order valence-corrected chi connectivity index (χ0v) is 16.5. The number of nitrogens with zero attached hydrogens (tertiary/aromatic N) is 1. The van der Waals surface area contributed by atoms with Gasteiger partial charge in [-0.25, -0.2) is 13.4 Å². The number of pyridine rings is 1. The van der Waals surface area contributed by atoms with Gasteiger partial charge in [0, 0.05) is 17.5 Å². The Bertz CT molecular complexity index is 1140. The van der Waals surface area contributed by atoms with Crippen LogP contribution in [0.15, 0.2) is 54.6 Å². The maximum Gasteiger partial charge on any atom is 0.252 e. The fourth-order valence-electron chi connectivity index (χ4n) is 3.60. The molecular formula is C22H22N2O3S. The monoisotopic (exact) mass is 394 g/mol. The lowest BCUT2D eigenvalue weighted by atomic mass is 10.0. The molecule has 3 aromatic rings. The van der Waals surface area contributed by atoms with E-state index in [0.717, 1.165) is 27.7 Å². The Morgan fingerprint density at radius 1 is 1.14 bits per heavy atom. The molecule has 1 aromatic heterocycles. The summed E-state index contributed by atoms with van der Waals surface area (Å²) < 4.78 is 23.3. The molecule has 1 unspecified atom stereocenters. The molecule has 2 heterocycles. The van der Waals surface area contributed by atoms with Crippen molar-refractivity contribution in [1.82, 2.24) is 10.3 Å². The Morgan fingerprint density at radius 2 is 1.89 bits per heavy atom. The predicted octanol–water partition coefficient (Wildman–Crippen LogP) is 3.37. The number of rotatable bonds is 4. The van der Waals surface area contributed by atoms with Crippen molar-refractivity contribution in [2.75, 3.05) is 18.1 Å². The fourth-order valence-corrected chi connectivity index (χ4v) is 5.46. The van der Waals surface area contributed by atoms with Gasteiger partial charge in [0.25, 0.3) is 5.91 Å². The number of carbonyl (C=O) groups is 1. The van der Waals surface area contributed by atoms with Crippen LogP contribution in [-0.2, 0) is 9.84 Å². The third kappa shape index (κ3) is 3.92. The molecule has 1 fully saturated rings. The summed E-state index contributed by atoms with van der Waals surface area (Å²) in [6.07, 6.45) is 0.605. The van der Waals surface area contributed by atoms with E-state index >= 15 is 0 Å². The standard InChI is InChI=1S/C22H22N2O3S/c1-15-6-8-17(9-7-15)21-12-19(18-4-2-3-5-20(18)24-21)22(25)23-13-16-10-11-28(26,27)14-16/h2-9,12,16H,10-11,13-14H2,1H3,(H,23,25). The summed E-state index contributed by atoms with van der Waals surface area (Å²) in [5.74, 6) is 0.150. The second kappa shape index (κ2) is 7.36. The highest BCUT2D eigenvalue weighted by atomic mass is 32.2. The molecule has 1 atom stereocenters. The molecule has 0 bridgehead atoms. The van der Waals surface area contributed by atoms with Crippen molar-refractivity contribution in [1.29, 1.82) is 0 Å². The number of benzene rings is 2. The van der Waals surface area contributed by atoms with E-state index in [1.54, 1.807) is 0 Å². The minimum atomic E-state index is -2.95. The van der Waals surface area contributed by atoms with Crippen molar-refractivity contribution in [3.63, 3.8) is 0 Å². The number of hydrogen-bond donors (Lipinski definition) is 1. The lowest BCUT2D eigenvalue weighted by Crippen LogP contribution is -2.30. The van der Waals surface area contributed by atoms with Gasteiger partial charge in [-0.1, -0.05) is 48.0 Å². The number of hydrogen-bond acceptors (Lipinski definition) is 4. The normalized spacial score (nSPS) is 18.2. The van der Waals surface area contributed by atoms with Gasteiger partial charge < -0.3 is 5.32 Å². The smallest absolute Gasteiger partial charge is 0.252 e. The van der Waals surface area contributed by atoms with Gasteiger partial charge in [-0.2, -0.15) is 0 Å². The highest BCUT2D eigenvalue weighted by Gasteiger charge is 2.28. The molecule has 1 amide bonds. The van der Waals surface area contributed by atoms with Crippen molar-refractivity contribution >= 4 is 26.6 Å². The number of sulfone groups is 1. The van der Waals surface area contributed by atoms with Crippen LogP contribution in [0.4, 0.5) is 0 Å². The quantitative estimate of drug-likeness (QED) is 0.736. The Morgan fingerprint density at radius 3 is 2.61 bits per heavy atom. The maximum atomic E-state index is 12.9. The summed E-state index contributed by atoms with van der Waals surface area (Å²) in [5, 5.41) is 3.71. The summed E-state index contributed by atoms with van der Waals surface area (Å²) in [6, 6.07) is 17.4. The largest absolute Gasteiger partial charge is 0.352 e. The molecule has 6 heteroatoms. The van der Waals surface area contributed by atoms with Crippen LogP contribution in [0.5, 0.6) is 0 Å². The molecule has 0 radical (unpaired) electrons. The molecule has 0 saturated carbocycles. The summed E-state index contributed by atoms with van der Waals surface area (Å²) in [5.41, 5.74) is 4.17. The van der Waals surface area contributed by atoms with E-state index in [1.165, 1.54) is 0 Å². The third-order valence-corrected chi connectivity index (χ3v) is 7.02. The van der Waals surface area contributed by atoms with Crippen molar-refractivity contribution in [2.24, 2.45) is 5.92 Å². The Balaban J connectivity index is 1.65. The highest BCUT2D eigenvalue weighted by Crippen LogP contribution is 2.25. The van der Waals surface area contributed by atoms with Crippen LogP contribution >= 0.6 is 0 Å². The van der Waals surface area contributed by atoms with Crippen molar-refractivity contribution in [3.8, 4) is 11.3 Å². The molecule has 2 aromatic carbocycles. The molecule has 0 aliphatic carbocycles. The fraction of sp³-hybridized carbons (Fsp3) is 0.273. The van der Waals surface area contributed by atoms with Gasteiger partial charge in [0.2, 0.25) is 0 Å². The number of para-hydroxylation sites is 1. The second-order valence-electron chi connectivity index (χ2n) is 7.42. The van der Waals surface area contributed by atoms with Gasteiger partial charge in [0.05, 0.1) is 28.3 Å². The number of aryl methyl sites for hydroxylation is 1. The summed E-state index contributed by atoms with van der Waals surface area (Å²) in [4.78, 5) is 17.6. The average Bonchev–Trinajstić information content (AvgIpc) is 3.04. The third-order valence-electron chi connectivity index (χ3n) is 5.19. The van der Waals surface area contributed by atoms with Gasteiger partial charge in [-0.15, -0.1) is 0 Å². The first kappa shape index (κ1) is 18.6. The van der Waals surface area contributed by atoms with E-state index in [2.05, 4.69) is 5.32 Å². The van der Waals surface area contributed by atoms with Crippen molar-refractivity contribution in [3.05, 3.63) is 65.7 Å². The van der Waals surface area contributed by atoms with E-state index in [0.29, 0.717) is 18.5 Å². The first-order valence-electron chi connectivity index (χ1n) is 9.37. The number of carbonyl (C=O) groups excluding carboxylic acids is 1. The molecule has 4 rings (SSSR count). The number of nitrogens with one attached hydrogen (secondary N) is 1. The van der Waals surface area contributed by atoms with Crippen LogP contribution < -0.4 is 5.32 Å². The van der Waals surface area contributed by atoms with E-state index in [9.17, 15) is 13.2 Å². The lowest BCUT2D eigenvalue weighted by molar-refractivity contribution is 0.0950. The van der Waals surface area contributed by atoms with Gasteiger partial charge in [0.15, 0.2) is 9.84 Å². The van der Waals surface area contributed by atoms with Gasteiger partial charge >= 0.3 is 0 Å². The molecule has 5 nitrogen and oxygen atoms in total. The maximum absolute atomic E-state index is 12.9. The Hall–Kier alpha value is -2.73. The average molecular weight is 394 g/mol.